The van der Waals surface area contributed by atoms with Crippen LogP contribution in [0.5, 0.6) is 0 Å². The molecule has 1 saturated heterocycles. The summed E-state index contributed by atoms with van der Waals surface area (Å²) in [6.07, 6.45) is 3.84. The molecule has 2 heterocycles. The number of carbonyl (C=O) groups is 1. The van der Waals surface area contributed by atoms with E-state index in [2.05, 4.69) is 31.2 Å². The molecule has 1 amide bonds. The maximum absolute atomic E-state index is 12.1. The summed E-state index contributed by atoms with van der Waals surface area (Å²) in [5.41, 5.74) is 1.03. The lowest BCUT2D eigenvalue weighted by Crippen LogP contribution is -2.57. The second-order valence-electron chi connectivity index (χ2n) is 5.02. The van der Waals surface area contributed by atoms with Gasteiger partial charge in [-0.2, -0.15) is 0 Å². The van der Waals surface area contributed by atoms with Crippen molar-refractivity contribution in [3.63, 3.8) is 0 Å². The summed E-state index contributed by atoms with van der Waals surface area (Å²) in [5, 5.41) is 3.21. The Morgan fingerprint density at radius 3 is 2.57 bits per heavy atom. The molecule has 108 valence electrons. The van der Waals surface area contributed by atoms with Gasteiger partial charge >= 0.3 is 0 Å². The van der Waals surface area contributed by atoms with Crippen molar-refractivity contribution in [3.05, 3.63) is 52.8 Å². The average Bonchev–Trinajstić information content (AvgIpc) is 2.46. The normalized spacial score (nSPS) is 14.6. The minimum Gasteiger partial charge on any atom is -0.348 e. The Kier molecular flexibility index (Phi) is 4.15. The van der Waals surface area contributed by atoms with Crippen LogP contribution < -0.4 is 5.32 Å². The molecule has 21 heavy (non-hydrogen) atoms. The van der Waals surface area contributed by atoms with Crippen molar-refractivity contribution in [1.82, 2.24) is 14.9 Å². The number of amides is 1. The Labute approximate surface area is 131 Å². The summed E-state index contributed by atoms with van der Waals surface area (Å²) >= 11 is 3.39. The molecule has 6 heteroatoms. The van der Waals surface area contributed by atoms with Gasteiger partial charge in [0, 0.05) is 30.0 Å². The topological polar surface area (TPSA) is 58.1 Å². The summed E-state index contributed by atoms with van der Waals surface area (Å²) in [6, 6.07) is 9.86. The minimum atomic E-state index is 0.157. The fourth-order valence-corrected chi connectivity index (χ4v) is 2.48. The standard InChI is InChI=1S/C15H15BrN4O/c16-12-4-2-11(3-5-12)8-14(21)20-9-13(10-20)19-15-17-6-1-7-18-15/h1-7,13H,8-10H2,(H,17,18,19). The van der Waals surface area contributed by atoms with Crippen LogP contribution in [0.2, 0.25) is 0 Å². The Hall–Kier alpha value is -1.95. The number of hydrogen-bond acceptors (Lipinski definition) is 4. The summed E-state index contributed by atoms with van der Waals surface area (Å²) < 4.78 is 1.02. The Bertz CT molecular complexity index is 611. The quantitative estimate of drug-likeness (QED) is 0.920. The third-order valence-electron chi connectivity index (χ3n) is 3.40. The molecule has 0 unspecified atom stereocenters. The Balaban J connectivity index is 1.47. The van der Waals surface area contributed by atoms with Crippen LogP contribution in [0.1, 0.15) is 5.56 Å². The number of aromatic nitrogens is 2. The zero-order chi connectivity index (χ0) is 14.7. The van der Waals surface area contributed by atoms with Crippen LogP contribution in [0, 0.1) is 0 Å². The number of hydrogen-bond donors (Lipinski definition) is 1. The van der Waals surface area contributed by atoms with Crippen LogP contribution in [0.3, 0.4) is 0 Å². The van der Waals surface area contributed by atoms with E-state index in [1.807, 2.05) is 29.2 Å². The first-order chi connectivity index (χ1) is 10.2. The van der Waals surface area contributed by atoms with Crippen molar-refractivity contribution in [3.8, 4) is 0 Å². The average molecular weight is 347 g/mol. The number of nitrogens with zero attached hydrogens (tertiary/aromatic N) is 3. The highest BCUT2D eigenvalue weighted by Crippen LogP contribution is 2.16. The molecule has 1 aliphatic rings. The second kappa shape index (κ2) is 6.22. The minimum absolute atomic E-state index is 0.157. The van der Waals surface area contributed by atoms with Gasteiger partial charge in [-0.3, -0.25) is 4.79 Å². The Morgan fingerprint density at radius 1 is 1.24 bits per heavy atom. The maximum atomic E-state index is 12.1. The molecule has 1 fully saturated rings. The molecule has 1 N–H and O–H groups in total. The van der Waals surface area contributed by atoms with Gasteiger partial charge in [-0.05, 0) is 23.8 Å². The molecule has 5 nitrogen and oxygen atoms in total. The molecular formula is C15H15BrN4O. The van der Waals surface area contributed by atoms with Crippen LogP contribution >= 0.6 is 15.9 Å². The lowest BCUT2D eigenvalue weighted by atomic mass is 10.1. The van der Waals surface area contributed by atoms with Crippen LogP contribution in [0.25, 0.3) is 0 Å². The molecule has 2 aromatic rings. The van der Waals surface area contributed by atoms with Crippen molar-refractivity contribution in [1.29, 1.82) is 0 Å². The highest BCUT2D eigenvalue weighted by molar-refractivity contribution is 9.10. The lowest BCUT2D eigenvalue weighted by Gasteiger charge is -2.39. The molecule has 0 radical (unpaired) electrons. The van der Waals surface area contributed by atoms with Gasteiger partial charge in [0.2, 0.25) is 11.9 Å². The molecule has 0 atom stereocenters. The fraction of sp³-hybridized carbons (Fsp3) is 0.267. The van der Waals surface area contributed by atoms with E-state index < -0.39 is 0 Å². The van der Waals surface area contributed by atoms with E-state index in [4.69, 9.17) is 0 Å². The van der Waals surface area contributed by atoms with Gasteiger partial charge in [0.05, 0.1) is 12.5 Å². The van der Waals surface area contributed by atoms with Crippen LogP contribution in [0.4, 0.5) is 5.95 Å². The summed E-state index contributed by atoms with van der Waals surface area (Å²) in [7, 11) is 0. The van der Waals surface area contributed by atoms with Gasteiger partial charge in [-0.25, -0.2) is 9.97 Å². The van der Waals surface area contributed by atoms with Crippen LogP contribution in [-0.2, 0) is 11.2 Å². The van der Waals surface area contributed by atoms with Crippen molar-refractivity contribution >= 4 is 27.8 Å². The number of carbonyl (C=O) groups excluding carboxylic acids is 1. The smallest absolute Gasteiger partial charge is 0.227 e. The van der Waals surface area contributed by atoms with Gasteiger partial charge in [-0.15, -0.1) is 0 Å². The number of halogens is 1. The number of likely N-dealkylation sites (tertiary alicyclic amines) is 1. The van der Waals surface area contributed by atoms with Crippen molar-refractivity contribution < 1.29 is 4.79 Å². The lowest BCUT2D eigenvalue weighted by molar-refractivity contribution is -0.134. The van der Waals surface area contributed by atoms with E-state index in [-0.39, 0.29) is 11.9 Å². The van der Waals surface area contributed by atoms with E-state index in [0.717, 1.165) is 10.0 Å². The van der Waals surface area contributed by atoms with Crippen molar-refractivity contribution in [2.75, 3.05) is 18.4 Å². The first kappa shape index (κ1) is 14.0. The highest BCUT2D eigenvalue weighted by Gasteiger charge is 2.30. The SMILES string of the molecule is O=C(Cc1ccc(Br)cc1)N1CC(Nc2ncccn2)C1. The Morgan fingerprint density at radius 2 is 1.90 bits per heavy atom. The fourth-order valence-electron chi connectivity index (χ4n) is 2.22. The highest BCUT2D eigenvalue weighted by atomic mass is 79.9. The maximum Gasteiger partial charge on any atom is 0.227 e. The number of rotatable bonds is 4. The van der Waals surface area contributed by atoms with E-state index in [1.54, 1.807) is 18.5 Å². The van der Waals surface area contributed by atoms with Gasteiger partial charge in [-0.1, -0.05) is 28.1 Å². The number of benzene rings is 1. The first-order valence-electron chi connectivity index (χ1n) is 6.76. The summed E-state index contributed by atoms with van der Waals surface area (Å²) in [4.78, 5) is 22.2. The molecule has 1 aromatic heterocycles. The van der Waals surface area contributed by atoms with Gasteiger partial charge in [0.1, 0.15) is 0 Å². The molecule has 0 aliphatic carbocycles. The third-order valence-corrected chi connectivity index (χ3v) is 3.93. The van der Waals surface area contributed by atoms with E-state index >= 15 is 0 Å². The zero-order valence-electron chi connectivity index (χ0n) is 11.4. The van der Waals surface area contributed by atoms with Gasteiger partial charge < -0.3 is 10.2 Å². The largest absolute Gasteiger partial charge is 0.348 e. The molecule has 1 aliphatic heterocycles. The first-order valence-corrected chi connectivity index (χ1v) is 7.56. The third kappa shape index (κ3) is 3.58. The van der Waals surface area contributed by atoms with Crippen LogP contribution in [0.15, 0.2) is 47.2 Å². The van der Waals surface area contributed by atoms with E-state index in [1.165, 1.54) is 0 Å². The molecule has 0 saturated carbocycles. The number of anilines is 1. The van der Waals surface area contributed by atoms with E-state index in [9.17, 15) is 4.79 Å². The van der Waals surface area contributed by atoms with Crippen LogP contribution in [-0.4, -0.2) is 39.9 Å². The van der Waals surface area contributed by atoms with Gasteiger partial charge in [0.25, 0.3) is 0 Å². The molecule has 1 aromatic carbocycles. The second-order valence-corrected chi connectivity index (χ2v) is 5.93. The number of nitrogens with one attached hydrogen (secondary N) is 1. The zero-order valence-corrected chi connectivity index (χ0v) is 13.0. The molecule has 3 rings (SSSR count). The van der Waals surface area contributed by atoms with Gasteiger partial charge in [0.15, 0.2) is 0 Å². The molecule has 0 spiro atoms. The predicted molar refractivity (Wildman–Crippen MR) is 83.9 cm³/mol. The molecular weight excluding hydrogens is 332 g/mol. The summed E-state index contributed by atoms with van der Waals surface area (Å²) in [5.74, 6) is 0.770. The van der Waals surface area contributed by atoms with Crippen molar-refractivity contribution in [2.45, 2.75) is 12.5 Å². The molecule has 0 bridgehead atoms. The summed E-state index contributed by atoms with van der Waals surface area (Å²) in [6.45, 7) is 1.40. The predicted octanol–water partition coefficient (Wildman–Crippen LogP) is 2.10. The monoisotopic (exact) mass is 346 g/mol. The van der Waals surface area contributed by atoms with Crippen molar-refractivity contribution in [2.24, 2.45) is 0 Å². The van der Waals surface area contributed by atoms with E-state index in [0.29, 0.717) is 25.5 Å².